The second-order valence-corrected chi connectivity index (χ2v) is 4.08. The van der Waals surface area contributed by atoms with E-state index in [1.54, 1.807) is 12.1 Å². The van der Waals surface area contributed by atoms with Gasteiger partial charge in [0, 0.05) is 6.42 Å². The summed E-state index contributed by atoms with van der Waals surface area (Å²) < 4.78 is 23.7. The van der Waals surface area contributed by atoms with E-state index in [1.165, 1.54) is 6.07 Å². The van der Waals surface area contributed by atoms with Crippen LogP contribution in [0.3, 0.4) is 0 Å². The summed E-state index contributed by atoms with van der Waals surface area (Å²) >= 11 is 0. The lowest BCUT2D eigenvalue weighted by Crippen LogP contribution is -1.98. The van der Waals surface area contributed by atoms with Gasteiger partial charge in [-0.3, -0.25) is 0 Å². The van der Waals surface area contributed by atoms with E-state index in [4.69, 9.17) is 9.26 Å². The fraction of sp³-hybridized carbons (Fsp3) is 0.385. The number of halogens is 1. The number of hydrogen-bond donors (Lipinski definition) is 0. The minimum absolute atomic E-state index is 0.0804. The zero-order chi connectivity index (χ0) is 13.0. The average Bonchev–Trinajstić information content (AvgIpc) is 2.79. The topological polar surface area (TPSA) is 48.2 Å². The molecule has 0 fully saturated rings. The molecule has 0 atom stereocenters. The van der Waals surface area contributed by atoms with Crippen LogP contribution in [-0.4, -0.2) is 10.1 Å². The molecule has 0 bridgehead atoms. The molecular weight excluding hydrogens is 235 g/mol. The smallest absolute Gasteiger partial charge is 0.264 e. The molecule has 1 heterocycles. The van der Waals surface area contributed by atoms with Crippen molar-refractivity contribution in [3.05, 3.63) is 41.3 Å². The summed E-state index contributed by atoms with van der Waals surface area (Å²) in [6, 6.07) is 4.70. The molecule has 0 aliphatic rings. The van der Waals surface area contributed by atoms with Gasteiger partial charge < -0.3 is 9.26 Å². The third-order valence-corrected chi connectivity index (χ3v) is 2.42. The first kappa shape index (κ1) is 12.5. The SMILES string of the molecule is CCCc1noc(COc2cc(C)ccc2F)n1. The van der Waals surface area contributed by atoms with E-state index in [-0.39, 0.29) is 12.4 Å². The summed E-state index contributed by atoms with van der Waals surface area (Å²) in [5, 5.41) is 3.80. The monoisotopic (exact) mass is 250 g/mol. The summed E-state index contributed by atoms with van der Waals surface area (Å²) in [6.45, 7) is 3.99. The zero-order valence-corrected chi connectivity index (χ0v) is 10.4. The summed E-state index contributed by atoms with van der Waals surface area (Å²) in [5.41, 5.74) is 0.934. The Morgan fingerprint density at radius 2 is 2.22 bits per heavy atom. The highest BCUT2D eigenvalue weighted by atomic mass is 19.1. The Balaban J connectivity index is 1.99. The lowest BCUT2D eigenvalue weighted by atomic mass is 10.2. The predicted molar refractivity (Wildman–Crippen MR) is 63.8 cm³/mol. The van der Waals surface area contributed by atoms with Crippen LogP contribution in [0.15, 0.2) is 22.7 Å². The van der Waals surface area contributed by atoms with Crippen molar-refractivity contribution in [3.8, 4) is 5.75 Å². The van der Waals surface area contributed by atoms with Gasteiger partial charge >= 0.3 is 0 Å². The van der Waals surface area contributed by atoms with Gasteiger partial charge in [-0.2, -0.15) is 4.98 Å². The predicted octanol–water partition coefficient (Wildman–Crippen LogP) is 3.05. The van der Waals surface area contributed by atoms with E-state index in [1.807, 2.05) is 13.8 Å². The van der Waals surface area contributed by atoms with Crippen molar-refractivity contribution in [2.24, 2.45) is 0 Å². The minimum atomic E-state index is -0.395. The molecule has 0 saturated carbocycles. The largest absolute Gasteiger partial charge is 0.481 e. The molecule has 0 aliphatic carbocycles. The first-order chi connectivity index (χ1) is 8.69. The van der Waals surface area contributed by atoms with Crippen molar-refractivity contribution < 1.29 is 13.7 Å². The summed E-state index contributed by atoms with van der Waals surface area (Å²) in [4.78, 5) is 4.14. The number of benzene rings is 1. The Hall–Kier alpha value is -1.91. The summed E-state index contributed by atoms with van der Waals surface area (Å²) in [5.74, 6) is 0.819. The Labute approximate surface area is 105 Å². The van der Waals surface area contributed by atoms with Crippen LogP contribution in [-0.2, 0) is 13.0 Å². The standard InChI is InChI=1S/C13H15FN2O2/c1-3-4-12-15-13(18-16-12)8-17-11-7-9(2)5-6-10(11)14/h5-7H,3-4,8H2,1-2H3. The number of rotatable bonds is 5. The van der Waals surface area contributed by atoms with E-state index in [0.29, 0.717) is 11.7 Å². The van der Waals surface area contributed by atoms with Crippen LogP contribution in [0.4, 0.5) is 4.39 Å². The van der Waals surface area contributed by atoms with Crippen LogP contribution < -0.4 is 4.74 Å². The van der Waals surface area contributed by atoms with Crippen LogP contribution in [0.25, 0.3) is 0 Å². The van der Waals surface area contributed by atoms with Crippen LogP contribution in [0.1, 0.15) is 30.6 Å². The number of hydrogen-bond acceptors (Lipinski definition) is 4. The quantitative estimate of drug-likeness (QED) is 0.818. The van der Waals surface area contributed by atoms with Gasteiger partial charge in [0.15, 0.2) is 24.0 Å². The third kappa shape index (κ3) is 3.06. The third-order valence-electron chi connectivity index (χ3n) is 2.42. The maximum atomic E-state index is 13.4. The fourth-order valence-corrected chi connectivity index (χ4v) is 1.53. The number of nitrogens with zero attached hydrogens (tertiary/aromatic N) is 2. The molecule has 0 saturated heterocycles. The molecule has 0 unspecified atom stereocenters. The second kappa shape index (κ2) is 5.62. The molecule has 0 aliphatic heterocycles. The maximum Gasteiger partial charge on any atom is 0.264 e. The van der Waals surface area contributed by atoms with Crippen molar-refractivity contribution in [2.45, 2.75) is 33.3 Å². The van der Waals surface area contributed by atoms with Gasteiger partial charge in [-0.15, -0.1) is 0 Å². The Bertz CT molecular complexity index is 525. The van der Waals surface area contributed by atoms with E-state index in [9.17, 15) is 4.39 Å². The van der Waals surface area contributed by atoms with Crippen LogP contribution in [0.5, 0.6) is 5.75 Å². The van der Waals surface area contributed by atoms with Crippen molar-refractivity contribution in [1.29, 1.82) is 0 Å². The van der Waals surface area contributed by atoms with Crippen LogP contribution in [0.2, 0.25) is 0 Å². The van der Waals surface area contributed by atoms with Crippen LogP contribution >= 0.6 is 0 Å². The fourth-order valence-electron chi connectivity index (χ4n) is 1.53. The van der Waals surface area contributed by atoms with Gasteiger partial charge in [-0.05, 0) is 31.0 Å². The second-order valence-electron chi connectivity index (χ2n) is 4.08. The molecule has 4 nitrogen and oxygen atoms in total. The number of aryl methyl sites for hydroxylation is 2. The Morgan fingerprint density at radius 1 is 1.39 bits per heavy atom. The minimum Gasteiger partial charge on any atom is -0.481 e. The molecule has 0 amide bonds. The van der Waals surface area contributed by atoms with E-state index in [0.717, 1.165) is 18.4 Å². The molecule has 96 valence electrons. The lowest BCUT2D eigenvalue weighted by Gasteiger charge is -2.05. The zero-order valence-electron chi connectivity index (χ0n) is 10.4. The molecule has 1 aromatic carbocycles. The van der Waals surface area contributed by atoms with Gasteiger partial charge in [-0.25, -0.2) is 4.39 Å². The molecule has 1 aromatic heterocycles. The van der Waals surface area contributed by atoms with E-state index < -0.39 is 5.82 Å². The van der Waals surface area contributed by atoms with Crippen molar-refractivity contribution in [2.75, 3.05) is 0 Å². The highest BCUT2D eigenvalue weighted by Gasteiger charge is 2.08. The van der Waals surface area contributed by atoms with Crippen molar-refractivity contribution >= 4 is 0 Å². The number of aromatic nitrogens is 2. The normalized spacial score (nSPS) is 10.6. The first-order valence-electron chi connectivity index (χ1n) is 5.89. The summed E-state index contributed by atoms with van der Waals surface area (Å²) in [6.07, 6.45) is 1.72. The van der Waals surface area contributed by atoms with E-state index in [2.05, 4.69) is 10.1 Å². The van der Waals surface area contributed by atoms with Crippen molar-refractivity contribution in [3.63, 3.8) is 0 Å². The van der Waals surface area contributed by atoms with Gasteiger partial charge in [0.1, 0.15) is 0 Å². The first-order valence-corrected chi connectivity index (χ1v) is 5.89. The number of ether oxygens (including phenoxy) is 1. The maximum absolute atomic E-state index is 13.4. The van der Waals surface area contributed by atoms with Gasteiger partial charge in [-0.1, -0.05) is 18.1 Å². The summed E-state index contributed by atoms with van der Waals surface area (Å²) in [7, 11) is 0. The molecule has 2 rings (SSSR count). The molecule has 18 heavy (non-hydrogen) atoms. The van der Waals surface area contributed by atoms with E-state index >= 15 is 0 Å². The van der Waals surface area contributed by atoms with Crippen LogP contribution in [0, 0.1) is 12.7 Å². The average molecular weight is 250 g/mol. The molecular formula is C13H15FN2O2. The Morgan fingerprint density at radius 3 is 3.00 bits per heavy atom. The lowest BCUT2D eigenvalue weighted by molar-refractivity contribution is 0.234. The van der Waals surface area contributed by atoms with Gasteiger partial charge in [0.2, 0.25) is 0 Å². The molecule has 2 aromatic rings. The molecule has 0 radical (unpaired) electrons. The highest BCUT2D eigenvalue weighted by Crippen LogP contribution is 2.19. The highest BCUT2D eigenvalue weighted by molar-refractivity contribution is 5.29. The van der Waals surface area contributed by atoms with Gasteiger partial charge in [0.05, 0.1) is 0 Å². The Kier molecular flexibility index (Phi) is 3.92. The molecule has 5 heteroatoms. The van der Waals surface area contributed by atoms with Gasteiger partial charge in [0.25, 0.3) is 5.89 Å². The molecule has 0 spiro atoms. The molecule has 0 N–H and O–H groups in total. The van der Waals surface area contributed by atoms with Crippen molar-refractivity contribution in [1.82, 2.24) is 10.1 Å².